The minimum absolute atomic E-state index is 0.215. The van der Waals surface area contributed by atoms with Gasteiger partial charge in [-0.25, -0.2) is 4.98 Å². The molecule has 0 fully saturated rings. The van der Waals surface area contributed by atoms with Gasteiger partial charge in [0.2, 0.25) is 5.91 Å². The number of carboxylic acids is 1. The number of rotatable bonds is 8. The van der Waals surface area contributed by atoms with E-state index in [0.29, 0.717) is 10.7 Å². The highest BCUT2D eigenvalue weighted by atomic mass is 35.5. The molecule has 1 unspecified atom stereocenters. The fraction of sp³-hybridized carbons (Fsp3) is 0.136. The second-order valence-corrected chi connectivity index (χ2v) is 7.27. The largest absolute Gasteiger partial charge is 0.481 e. The predicted octanol–water partition coefficient (Wildman–Crippen LogP) is 2.49. The van der Waals surface area contributed by atoms with E-state index in [4.69, 9.17) is 16.7 Å². The second kappa shape index (κ2) is 10.4. The van der Waals surface area contributed by atoms with Gasteiger partial charge in [-0.3, -0.25) is 23.7 Å². The van der Waals surface area contributed by atoms with E-state index in [1.165, 1.54) is 35.0 Å². The monoisotopic (exact) mass is 454 g/mol. The van der Waals surface area contributed by atoms with Gasteiger partial charge in [0.15, 0.2) is 0 Å². The summed E-state index contributed by atoms with van der Waals surface area (Å²) in [6.45, 7) is 0. The van der Waals surface area contributed by atoms with Crippen molar-refractivity contribution in [2.45, 2.75) is 18.9 Å². The third-order valence-electron chi connectivity index (χ3n) is 4.41. The number of hydrogen-bond acceptors (Lipinski definition) is 5. The van der Waals surface area contributed by atoms with Crippen molar-refractivity contribution in [3.8, 4) is 5.69 Å². The minimum Gasteiger partial charge on any atom is -0.481 e. The van der Waals surface area contributed by atoms with Crippen LogP contribution in [0.25, 0.3) is 5.69 Å². The Morgan fingerprint density at radius 3 is 2.41 bits per heavy atom. The Morgan fingerprint density at radius 2 is 1.78 bits per heavy atom. The molecule has 164 valence electrons. The van der Waals surface area contributed by atoms with Crippen molar-refractivity contribution in [2.24, 2.45) is 0 Å². The summed E-state index contributed by atoms with van der Waals surface area (Å²) in [5.41, 5.74) is 0.615. The van der Waals surface area contributed by atoms with Crippen molar-refractivity contribution in [3.63, 3.8) is 0 Å². The number of nitrogens with zero attached hydrogens (tertiary/aromatic N) is 2. The van der Waals surface area contributed by atoms with Crippen LogP contribution in [-0.2, 0) is 9.59 Å². The molecule has 0 aliphatic heterocycles. The fourth-order valence-corrected chi connectivity index (χ4v) is 3.05. The number of aliphatic carboxylic acids is 1. The summed E-state index contributed by atoms with van der Waals surface area (Å²) in [4.78, 5) is 51.9. The molecule has 10 heteroatoms. The highest BCUT2D eigenvalue weighted by molar-refractivity contribution is 6.30. The van der Waals surface area contributed by atoms with E-state index in [1.54, 1.807) is 36.5 Å². The summed E-state index contributed by atoms with van der Waals surface area (Å²) in [5, 5.41) is 14.7. The van der Waals surface area contributed by atoms with Crippen LogP contribution in [0.4, 0.5) is 5.82 Å². The quantitative estimate of drug-likeness (QED) is 0.479. The van der Waals surface area contributed by atoms with Gasteiger partial charge in [0, 0.05) is 42.2 Å². The molecule has 0 saturated carbocycles. The van der Waals surface area contributed by atoms with Gasteiger partial charge in [-0.2, -0.15) is 0 Å². The van der Waals surface area contributed by atoms with Crippen LogP contribution in [0.1, 0.15) is 23.2 Å². The molecule has 3 rings (SSSR count). The first-order valence-electron chi connectivity index (χ1n) is 9.54. The van der Waals surface area contributed by atoms with Crippen molar-refractivity contribution in [1.29, 1.82) is 0 Å². The fourth-order valence-electron chi connectivity index (χ4n) is 2.94. The number of halogens is 1. The molecule has 32 heavy (non-hydrogen) atoms. The summed E-state index contributed by atoms with van der Waals surface area (Å²) >= 11 is 5.75. The van der Waals surface area contributed by atoms with Crippen LogP contribution in [0.3, 0.4) is 0 Å². The highest BCUT2D eigenvalue weighted by Gasteiger charge is 2.21. The molecule has 9 nitrogen and oxygen atoms in total. The van der Waals surface area contributed by atoms with Gasteiger partial charge < -0.3 is 15.7 Å². The normalized spacial score (nSPS) is 11.4. The number of pyridine rings is 2. The molecule has 2 heterocycles. The Morgan fingerprint density at radius 1 is 1.03 bits per heavy atom. The Labute approximate surface area is 187 Å². The van der Waals surface area contributed by atoms with Crippen LogP contribution in [0, 0.1) is 0 Å². The summed E-state index contributed by atoms with van der Waals surface area (Å²) in [6, 6.07) is 13.1. The smallest absolute Gasteiger partial charge is 0.305 e. The molecule has 0 spiro atoms. The Hall–Kier alpha value is -3.98. The molecule has 0 aliphatic rings. The number of hydrogen-bond donors (Lipinski definition) is 3. The number of carbonyl (C=O) groups excluding carboxylic acids is 2. The number of carboxylic acid groups (broad SMARTS) is 1. The molecule has 0 radical (unpaired) electrons. The summed E-state index contributed by atoms with van der Waals surface area (Å²) < 4.78 is 1.42. The number of carbonyl (C=O) groups is 3. The number of benzene rings is 1. The Balaban J connectivity index is 1.66. The second-order valence-electron chi connectivity index (χ2n) is 6.84. The van der Waals surface area contributed by atoms with E-state index in [2.05, 4.69) is 15.6 Å². The first-order valence-corrected chi connectivity index (χ1v) is 9.92. The molecule has 3 N–H and O–H groups in total. The van der Waals surface area contributed by atoms with E-state index in [0.717, 1.165) is 0 Å². The van der Waals surface area contributed by atoms with Gasteiger partial charge in [0.1, 0.15) is 5.82 Å². The first kappa shape index (κ1) is 22.7. The molecule has 3 aromatic rings. The number of aromatic nitrogens is 2. The molecular formula is C22H19ClN4O5. The van der Waals surface area contributed by atoms with Crippen LogP contribution in [0.5, 0.6) is 0 Å². The number of nitrogens with one attached hydrogen (secondary N) is 2. The van der Waals surface area contributed by atoms with Crippen molar-refractivity contribution in [2.75, 3.05) is 5.32 Å². The minimum atomic E-state index is -1.16. The van der Waals surface area contributed by atoms with Crippen molar-refractivity contribution in [1.82, 2.24) is 14.9 Å². The van der Waals surface area contributed by atoms with Gasteiger partial charge in [-0.1, -0.05) is 17.7 Å². The van der Waals surface area contributed by atoms with Gasteiger partial charge in [0.25, 0.3) is 11.5 Å². The van der Waals surface area contributed by atoms with Gasteiger partial charge in [0.05, 0.1) is 11.4 Å². The van der Waals surface area contributed by atoms with Crippen LogP contribution in [-0.4, -0.2) is 38.5 Å². The zero-order valence-electron chi connectivity index (χ0n) is 16.7. The third-order valence-corrected chi connectivity index (χ3v) is 4.64. The average molecular weight is 455 g/mol. The molecule has 0 aliphatic carbocycles. The molecule has 1 aromatic carbocycles. The lowest BCUT2D eigenvalue weighted by molar-refractivity contribution is -0.137. The zero-order valence-corrected chi connectivity index (χ0v) is 17.5. The topological polar surface area (TPSA) is 130 Å². The van der Waals surface area contributed by atoms with E-state index >= 15 is 0 Å². The first-order chi connectivity index (χ1) is 15.3. The van der Waals surface area contributed by atoms with Crippen molar-refractivity contribution < 1.29 is 19.5 Å². The Bertz CT molecular complexity index is 1180. The lowest BCUT2D eigenvalue weighted by Crippen LogP contribution is -2.39. The SMILES string of the molecule is O=C(O)CC(CC(=O)Nc1ccc(Cl)cn1)NC(=O)c1ccc(-n2ccccc2=O)cc1. The van der Waals surface area contributed by atoms with Crippen LogP contribution >= 0.6 is 11.6 Å². The third kappa shape index (κ3) is 6.26. The predicted molar refractivity (Wildman–Crippen MR) is 118 cm³/mol. The lowest BCUT2D eigenvalue weighted by atomic mass is 10.1. The molecule has 1 atom stereocenters. The lowest BCUT2D eigenvalue weighted by Gasteiger charge is -2.17. The van der Waals surface area contributed by atoms with Crippen molar-refractivity contribution in [3.05, 3.63) is 87.9 Å². The maximum absolute atomic E-state index is 12.6. The molecular weight excluding hydrogens is 436 g/mol. The van der Waals surface area contributed by atoms with Crippen molar-refractivity contribution >= 4 is 35.2 Å². The zero-order chi connectivity index (χ0) is 23.1. The van der Waals surface area contributed by atoms with Crippen LogP contribution in [0.2, 0.25) is 5.02 Å². The summed E-state index contributed by atoms with van der Waals surface area (Å²) in [6.07, 6.45) is 2.26. The molecule has 2 amide bonds. The van der Waals surface area contributed by atoms with Crippen LogP contribution in [0.15, 0.2) is 71.8 Å². The van der Waals surface area contributed by atoms with Gasteiger partial charge in [-0.05, 0) is 42.5 Å². The molecule has 2 aromatic heterocycles. The highest BCUT2D eigenvalue weighted by Crippen LogP contribution is 2.12. The van der Waals surface area contributed by atoms with E-state index in [1.807, 2.05) is 0 Å². The summed E-state index contributed by atoms with van der Waals surface area (Å²) in [5.74, 6) is -1.95. The molecule has 0 bridgehead atoms. The van der Waals surface area contributed by atoms with Crippen LogP contribution < -0.4 is 16.2 Å². The number of amides is 2. The van der Waals surface area contributed by atoms with Gasteiger partial charge >= 0.3 is 5.97 Å². The standard InChI is InChI=1S/C22H19ClN4O5/c23-15-6-9-18(24-13-15)26-19(28)11-16(12-21(30)31)25-22(32)14-4-7-17(8-5-14)27-10-2-1-3-20(27)29/h1-10,13,16H,11-12H2,(H,25,32)(H,30,31)(H,24,26,28). The Kier molecular flexibility index (Phi) is 7.35. The molecule has 0 saturated heterocycles. The maximum atomic E-state index is 12.6. The average Bonchev–Trinajstić information content (AvgIpc) is 2.75. The number of anilines is 1. The van der Waals surface area contributed by atoms with E-state index < -0.39 is 30.2 Å². The van der Waals surface area contributed by atoms with E-state index in [-0.39, 0.29) is 23.4 Å². The summed E-state index contributed by atoms with van der Waals surface area (Å²) in [7, 11) is 0. The van der Waals surface area contributed by atoms with E-state index in [9.17, 15) is 19.2 Å². The maximum Gasteiger partial charge on any atom is 0.305 e. The van der Waals surface area contributed by atoms with Gasteiger partial charge in [-0.15, -0.1) is 0 Å².